The molecule has 84 valence electrons. The molecule has 0 aliphatic heterocycles. The van der Waals surface area contributed by atoms with Gasteiger partial charge in [0.15, 0.2) is 0 Å². The fourth-order valence-electron chi connectivity index (χ4n) is 1.49. The van der Waals surface area contributed by atoms with Crippen molar-refractivity contribution < 1.29 is 5.11 Å². The topological polar surface area (TPSA) is 66.0 Å². The summed E-state index contributed by atoms with van der Waals surface area (Å²) in [6.07, 6.45) is 2.06. The molecule has 1 rings (SSSR count). The number of rotatable bonds is 4. The van der Waals surface area contributed by atoms with Crippen LogP contribution in [0.3, 0.4) is 0 Å². The summed E-state index contributed by atoms with van der Waals surface area (Å²) in [5, 5.41) is 9.59. The number of nitrogens with one attached hydrogen (secondary N) is 1. The van der Waals surface area contributed by atoms with Crippen molar-refractivity contribution in [2.24, 2.45) is 5.92 Å². The van der Waals surface area contributed by atoms with E-state index in [-0.39, 0.29) is 11.4 Å². The van der Waals surface area contributed by atoms with Gasteiger partial charge in [-0.15, -0.1) is 0 Å². The molecule has 0 atom stereocenters. The molecule has 0 radical (unpaired) electrons. The minimum atomic E-state index is -0.208. The van der Waals surface area contributed by atoms with Crippen LogP contribution in [0.2, 0.25) is 0 Å². The lowest BCUT2D eigenvalue weighted by molar-refractivity contribution is 0.436. The van der Waals surface area contributed by atoms with Gasteiger partial charge in [-0.2, -0.15) is 0 Å². The monoisotopic (exact) mass is 210 g/mol. The number of aromatic hydroxyl groups is 1. The molecule has 1 aromatic heterocycles. The predicted molar refractivity (Wildman–Crippen MR) is 59.1 cm³/mol. The molecule has 0 amide bonds. The number of H-pyrrole nitrogens is 1. The van der Waals surface area contributed by atoms with E-state index in [9.17, 15) is 9.90 Å². The highest BCUT2D eigenvalue weighted by Crippen LogP contribution is 2.12. The van der Waals surface area contributed by atoms with E-state index in [1.54, 1.807) is 0 Å². The first-order valence-electron chi connectivity index (χ1n) is 5.35. The molecule has 0 saturated carbocycles. The van der Waals surface area contributed by atoms with E-state index in [1.807, 2.05) is 20.8 Å². The molecule has 0 aliphatic carbocycles. The Balaban J connectivity index is 3.03. The lowest BCUT2D eigenvalue weighted by Crippen LogP contribution is -2.17. The highest BCUT2D eigenvalue weighted by atomic mass is 16.3. The quantitative estimate of drug-likeness (QED) is 0.793. The Morgan fingerprint density at radius 3 is 2.60 bits per heavy atom. The van der Waals surface area contributed by atoms with E-state index in [0.717, 1.165) is 6.42 Å². The zero-order chi connectivity index (χ0) is 11.4. The minimum Gasteiger partial charge on any atom is -0.493 e. The van der Waals surface area contributed by atoms with Gasteiger partial charge in [0.1, 0.15) is 5.82 Å². The van der Waals surface area contributed by atoms with Crippen LogP contribution in [-0.2, 0) is 12.8 Å². The van der Waals surface area contributed by atoms with E-state index in [4.69, 9.17) is 0 Å². The summed E-state index contributed by atoms with van der Waals surface area (Å²) in [5.74, 6) is 0.855. The van der Waals surface area contributed by atoms with Crippen molar-refractivity contribution in [2.45, 2.75) is 40.0 Å². The molecule has 0 spiro atoms. The lowest BCUT2D eigenvalue weighted by Gasteiger charge is -2.06. The van der Waals surface area contributed by atoms with Crippen molar-refractivity contribution in [3.05, 3.63) is 21.7 Å². The molecule has 1 aromatic rings. The molecule has 4 heteroatoms. The number of nitrogens with zero attached hydrogens (tertiary/aromatic N) is 1. The van der Waals surface area contributed by atoms with Crippen molar-refractivity contribution in [1.29, 1.82) is 0 Å². The predicted octanol–water partition coefficient (Wildman–Crippen LogP) is 1.63. The number of aromatic nitrogens is 2. The van der Waals surface area contributed by atoms with Gasteiger partial charge in [-0.1, -0.05) is 27.2 Å². The smallest absolute Gasteiger partial charge is 0.257 e. The van der Waals surface area contributed by atoms with Gasteiger partial charge >= 0.3 is 0 Å². The van der Waals surface area contributed by atoms with Crippen LogP contribution in [0.15, 0.2) is 4.79 Å². The van der Waals surface area contributed by atoms with Gasteiger partial charge in [-0.25, -0.2) is 4.98 Å². The number of aromatic amines is 1. The normalized spacial score (nSPS) is 10.9. The summed E-state index contributed by atoms with van der Waals surface area (Å²) in [5.41, 5.74) is 0.185. The molecule has 1 heterocycles. The molecule has 0 bridgehead atoms. The van der Waals surface area contributed by atoms with Crippen molar-refractivity contribution in [1.82, 2.24) is 9.97 Å². The van der Waals surface area contributed by atoms with E-state index < -0.39 is 0 Å². The van der Waals surface area contributed by atoms with Crippen LogP contribution in [0, 0.1) is 5.92 Å². The summed E-state index contributed by atoms with van der Waals surface area (Å²) >= 11 is 0. The average molecular weight is 210 g/mol. The molecule has 15 heavy (non-hydrogen) atoms. The van der Waals surface area contributed by atoms with Crippen LogP contribution >= 0.6 is 0 Å². The molecular weight excluding hydrogens is 192 g/mol. The fourth-order valence-corrected chi connectivity index (χ4v) is 1.49. The van der Waals surface area contributed by atoms with E-state index >= 15 is 0 Å². The Morgan fingerprint density at radius 2 is 2.13 bits per heavy atom. The van der Waals surface area contributed by atoms with Crippen LogP contribution in [0.25, 0.3) is 0 Å². The lowest BCUT2D eigenvalue weighted by atomic mass is 10.1. The van der Waals surface area contributed by atoms with Gasteiger partial charge in [0.25, 0.3) is 5.56 Å². The standard InChI is InChI=1S/C11H18N2O2/c1-4-5-8-10(14)12-9(6-7(2)3)13-11(8)15/h7H,4-6H2,1-3H3,(H2,12,13,14,15). The summed E-state index contributed by atoms with van der Waals surface area (Å²) in [6.45, 7) is 6.04. The molecular formula is C11H18N2O2. The van der Waals surface area contributed by atoms with Crippen LogP contribution in [0.4, 0.5) is 0 Å². The Hall–Kier alpha value is -1.32. The average Bonchev–Trinajstić information content (AvgIpc) is 2.10. The zero-order valence-corrected chi connectivity index (χ0v) is 9.50. The van der Waals surface area contributed by atoms with Gasteiger partial charge in [0.05, 0.1) is 5.56 Å². The highest BCUT2D eigenvalue weighted by molar-refractivity contribution is 5.22. The maximum Gasteiger partial charge on any atom is 0.257 e. The van der Waals surface area contributed by atoms with Crippen molar-refractivity contribution in [2.75, 3.05) is 0 Å². The highest BCUT2D eigenvalue weighted by Gasteiger charge is 2.10. The summed E-state index contributed by atoms with van der Waals surface area (Å²) in [6, 6.07) is 0. The number of hydrogen-bond donors (Lipinski definition) is 2. The molecule has 0 unspecified atom stereocenters. The third-order valence-corrected chi connectivity index (χ3v) is 2.14. The summed E-state index contributed by atoms with van der Waals surface area (Å²) in [4.78, 5) is 18.3. The largest absolute Gasteiger partial charge is 0.493 e. The number of hydrogen-bond acceptors (Lipinski definition) is 3. The second kappa shape index (κ2) is 4.96. The zero-order valence-electron chi connectivity index (χ0n) is 9.50. The Kier molecular flexibility index (Phi) is 3.88. The van der Waals surface area contributed by atoms with Crippen molar-refractivity contribution in [3.8, 4) is 5.88 Å². The summed E-state index contributed by atoms with van der Waals surface area (Å²) in [7, 11) is 0. The second-order valence-electron chi connectivity index (χ2n) is 4.16. The van der Waals surface area contributed by atoms with Crippen LogP contribution < -0.4 is 5.56 Å². The maximum atomic E-state index is 11.6. The SMILES string of the molecule is CCCc1c(O)nc(CC(C)C)[nH]c1=O. The molecule has 0 aromatic carbocycles. The van der Waals surface area contributed by atoms with Crippen molar-refractivity contribution in [3.63, 3.8) is 0 Å². The first-order chi connectivity index (χ1) is 7.04. The Bertz CT molecular complexity index is 383. The van der Waals surface area contributed by atoms with Gasteiger partial charge < -0.3 is 10.1 Å². The molecule has 0 fully saturated rings. The third kappa shape index (κ3) is 3.08. The van der Waals surface area contributed by atoms with Crippen molar-refractivity contribution >= 4 is 0 Å². The first-order valence-corrected chi connectivity index (χ1v) is 5.35. The van der Waals surface area contributed by atoms with Crippen LogP contribution in [0.5, 0.6) is 5.88 Å². The van der Waals surface area contributed by atoms with E-state index in [0.29, 0.717) is 30.1 Å². The van der Waals surface area contributed by atoms with Gasteiger partial charge in [-0.3, -0.25) is 4.79 Å². The molecule has 4 nitrogen and oxygen atoms in total. The van der Waals surface area contributed by atoms with E-state index in [2.05, 4.69) is 9.97 Å². The Labute approximate surface area is 89.4 Å². The van der Waals surface area contributed by atoms with Gasteiger partial charge in [-0.05, 0) is 12.3 Å². The maximum absolute atomic E-state index is 11.6. The van der Waals surface area contributed by atoms with Crippen LogP contribution in [0.1, 0.15) is 38.6 Å². The van der Waals surface area contributed by atoms with Crippen LogP contribution in [-0.4, -0.2) is 15.1 Å². The van der Waals surface area contributed by atoms with E-state index in [1.165, 1.54) is 0 Å². The summed E-state index contributed by atoms with van der Waals surface area (Å²) < 4.78 is 0. The second-order valence-corrected chi connectivity index (χ2v) is 4.16. The minimum absolute atomic E-state index is 0.115. The first kappa shape index (κ1) is 11.8. The third-order valence-electron chi connectivity index (χ3n) is 2.14. The molecule has 0 saturated heterocycles. The molecule has 0 aliphatic rings. The van der Waals surface area contributed by atoms with Gasteiger partial charge in [0, 0.05) is 6.42 Å². The Morgan fingerprint density at radius 1 is 1.47 bits per heavy atom. The fraction of sp³-hybridized carbons (Fsp3) is 0.636. The molecule has 2 N–H and O–H groups in total. The van der Waals surface area contributed by atoms with Gasteiger partial charge in [0.2, 0.25) is 5.88 Å².